The van der Waals surface area contributed by atoms with Crippen molar-refractivity contribution < 1.29 is 9.59 Å². The molecule has 1 amide bonds. The van der Waals surface area contributed by atoms with Crippen molar-refractivity contribution in [2.45, 2.75) is 123 Å². The number of carbonyl (C=O) groups excluding carboxylic acids is 2. The van der Waals surface area contributed by atoms with E-state index in [1.165, 1.54) is 103 Å². The van der Waals surface area contributed by atoms with E-state index in [1.807, 2.05) is 0 Å². The lowest BCUT2D eigenvalue weighted by Gasteiger charge is -2.23. The van der Waals surface area contributed by atoms with Crippen molar-refractivity contribution in [2.75, 3.05) is 26.2 Å². The SMILES string of the molecule is CCCCCCCCCN(CCCCCCCCC)CCCC(C=O)CCNC=O. The van der Waals surface area contributed by atoms with Crippen LogP contribution in [0.15, 0.2) is 0 Å². The van der Waals surface area contributed by atoms with Crippen molar-refractivity contribution >= 4 is 12.7 Å². The van der Waals surface area contributed by atoms with Crippen molar-refractivity contribution in [3.63, 3.8) is 0 Å². The molecule has 0 radical (unpaired) electrons. The molecule has 0 rings (SSSR count). The predicted octanol–water partition coefficient (Wildman–Crippen LogP) is 6.52. The Morgan fingerprint density at radius 1 is 0.633 bits per heavy atom. The van der Waals surface area contributed by atoms with E-state index in [4.69, 9.17) is 0 Å². The minimum absolute atomic E-state index is 0.0800. The van der Waals surface area contributed by atoms with Crippen LogP contribution >= 0.6 is 0 Å². The van der Waals surface area contributed by atoms with Crippen LogP contribution in [0.25, 0.3) is 0 Å². The maximum absolute atomic E-state index is 11.3. The number of amides is 1. The molecule has 4 nitrogen and oxygen atoms in total. The lowest BCUT2D eigenvalue weighted by Crippen LogP contribution is -2.28. The van der Waals surface area contributed by atoms with E-state index in [2.05, 4.69) is 24.1 Å². The molecule has 0 fully saturated rings. The second-order valence-electron chi connectivity index (χ2n) is 8.98. The number of nitrogens with zero attached hydrogens (tertiary/aromatic N) is 1. The van der Waals surface area contributed by atoms with Gasteiger partial charge >= 0.3 is 0 Å². The molecule has 0 aliphatic rings. The molecule has 0 saturated carbocycles. The maximum Gasteiger partial charge on any atom is 0.207 e. The van der Waals surface area contributed by atoms with E-state index in [0.717, 1.165) is 32.1 Å². The van der Waals surface area contributed by atoms with Gasteiger partial charge in [-0.3, -0.25) is 4.79 Å². The zero-order valence-electron chi connectivity index (χ0n) is 20.3. The zero-order chi connectivity index (χ0) is 22.1. The van der Waals surface area contributed by atoms with Crippen LogP contribution in [-0.4, -0.2) is 43.8 Å². The molecule has 0 heterocycles. The van der Waals surface area contributed by atoms with Crippen LogP contribution < -0.4 is 5.32 Å². The summed E-state index contributed by atoms with van der Waals surface area (Å²) < 4.78 is 0. The number of hydrogen-bond donors (Lipinski definition) is 1. The Kier molecular flexibility index (Phi) is 23.6. The minimum Gasteiger partial charge on any atom is -0.359 e. The van der Waals surface area contributed by atoms with Crippen LogP contribution in [0.5, 0.6) is 0 Å². The second-order valence-corrected chi connectivity index (χ2v) is 8.98. The first-order valence-corrected chi connectivity index (χ1v) is 13.1. The molecule has 1 N–H and O–H groups in total. The molecule has 0 aliphatic heterocycles. The molecule has 178 valence electrons. The van der Waals surface area contributed by atoms with Gasteiger partial charge in [-0.1, -0.05) is 90.9 Å². The highest BCUT2D eigenvalue weighted by molar-refractivity contribution is 5.53. The summed E-state index contributed by atoms with van der Waals surface area (Å²) in [5, 5.41) is 2.67. The van der Waals surface area contributed by atoms with Gasteiger partial charge in [-0.2, -0.15) is 0 Å². The molecule has 0 saturated heterocycles. The van der Waals surface area contributed by atoms with Gasteiger partial charge in [0.05, 0.1) is 0 Å². The Hall–Kier alpha value is -0.900. The molecule has 0 aliphatic carbocycles. The summed E-state index contributed by atoms with van der Waals surface area (Å²) in [5.74, 6) is 0.0800. The molecular weight excluding hydrogens is 372 g/mol. The highest BCUT2D eigenvalue weighted by atomic mass is 16.1. The Morgan fingerprint density at radius 3 is 1.57 bits per heavy atom. The summed E-state index contributed by atoms with van der Waals surface area (Å²) >= 11 is 0. The largest absolute Gasteiger partial charge is 0.359 e. The number of unbranched alkanes of at least 4 members (excludes halogenated alkanes) is 12. The fourth-order valence-electron chi connectivity index (χ4n) is 4.11. The molecule has 0 aromatic rings. The molecule has 1 unspecified atom stereocenters. The fourth-order valence-corrected chi connectivity index (χ4v) is 4.11. The highest BCUT2D eigenvalue weighted by Gasteiger charge is 2.10. The third-order valence-electron chi connectivity index (χ3n) is 6.14. The van der Waals surface area contributed by atoms with Crippen LogP contribution in [0, 0.1) is 5.92 Å². The van der Waals surface area contributed by atoms with Crippen molar-refractivity contribution in [2.24, 2.45) is 5.92 Å². The topological polar surface area (TPSA) is 49.4 Å². The number of hydrogen-bond acceptors (Lipinski definition) is 3. The summed E-state index contributed by atoms with van der Waals surface area (Å²) in [6.45, 7) is 8.68. The van der Waals surface area contributed by atoms with Crippen LogP contribution in [0.4, 0.5) is 0 Å². The maximum atomic E-state index is 11.3. The average molecular weight is 425 g/mol. The van der Waals surface area contributed by atoms with E-state index in [1.54, 1.807) is 0 Å². The molecule has 0 bridgehead atoms. The lowest BCUT2D eigenvalue weighted by atomic mass is 10.0. The van der Waals surface area contributed by atoms with Gasteiger partial charge < -0.3 is 15.0 Å². The molecule has 30 heavy (non-hydrogen) atoms. The lowest BCUT2D eigenvalue weighted by molar-refractivity contribution is -0.112. The van der Waals surface area contributed by atoms with Crippen molar-refractivity contribution in [3.05, 3.63) is 0 Å². The first-order valence-electron chi connectivity index (χ1n) is 13.1. The van der Waals surface area contributed by atoms with Crippen LogP contribution in [0.1, 0.15) is 123 Å². The second kappa shape index (κ2) is 24.4. The average Bonchev–Trinajstić information content (AvgIpc) is 2.76. The van der Waals surface area contributed by atoms with Crippen LogP contribution in [-0.2, 0) is 9.59 Å². The van der Waals surface area contributed by atoms with Gasteiger partial charge in [0.25, 0.3) is 0 Å². The summed E-state index contributed by atoms with van der Waals surface area (Å²) in [5.41, 5.74) is 0. The first-order chi connectivity index (χ1) is 14.8. The molecule has 0 aromatic carbocycles. The van der Waals surface area contributed by atoms with E-state index in [0.29, 0.717) is 13.0 Å². The Labute approximate surface area is 187 Å². The predicted molar refractivity (Wildman–Crippen MR) is 130 cm³/mol. The molecular formula is C26H52N2O2. The number of rotatable bonds is 25. The van der Waals surface area contributed by atoms with Gasteiger partial charge in [0, 0.05) is 12.5 Å². The summed E-state index contributed by atoms with van der Waals surface area (Å²) in [4.78, 5) is 24.3. The number of carbonyl (C=O) groups is 2. The van der Waals surface area contributed by atoms with Gasteiger partial charge in [0.15, 0.2) is 0 Å². The molecule has 0 spiro atoms. The van der Waals surface area contributed by atoms with Crippen molar-refractivity contribution in [1.82, 2.24) is 10.2 Å². The monoisotopic (exact) mass is 424 g/mol. The third kappa shape index (κ3) is 20.4. The van der Waals surface area contributed by atoms with Gasteiger partial charge in [-0.25, -0.2) is 0 Å². The number of nitrogens with one attached hydrogen (secondary N) is 1. The Morgan fingerprint density at radius 2 is 1.10 bits per heavy atom. The van der Waals surface area contributed by atoms with Crippen molar-refractivity contribution in [3.8, 4) is 0 Å². The molecule has 4 heteroatoms. The molecule has 0 aromatic heterocycles. The highest BCUT2D eigenvalue weighted by Crippen LogP contribution is 2.13. The normalized spacial score (nSPS) is 12.2. The van der Waals surface area contributed by atoms with Gasteiger partial charge in [-0.05, 0) is 51.7 Å². The standard InChI is InChI=1S/C26H52N2O2/c1-3-5-7-9-11-13-15-21-28(22-16-14-12-10-8-6-4-2)23-17-18-26(24-29)19-20-27-25-30/h24-26H,3-23H2,1-2H3,(H,27,30). The van der Waals surface area contributed by atoms with E-state index in [-0.39, 0.29) is 5.92 Å². The summed E-state index contributed by atoms with van der Waals surface area (Å²) in [7, 11) is 0. The van der Waals surface area contributed by atoms with Gasteiger partial charge in [0.1, 0.15) is 6.29 Å². The zero-order valence-corrected chi connectivity index (χ0v) is 20.3. The Balaban J connectivity index is 4.08. The summed E-state index contributed by atoms with van der Waals surface area (Å²) in [6, 6.07) is 0. The Bertz CT molecular complexity index is 345. The van der Waals surface area contributed by atoms with E-state index < -0.39 is 0 Å². The first kappa shape index (κ1) is 29.1. The van der Waals surface area contributed by atoms with Gasteiger partial charge in [-0.15, -0.1) is 0 Å². The smallest absolute Gasteiger partial charge is 0.207 e. The van der Waals surface area contributed by atoms with Crippen molar-refractivity contribution in [1.29, 1.82) is 0 Å². The molecule has 1 atom stereocenters. The number of aldehydes is 1. The van der Waals surface area contributed by atoms with E-state index in [9.17, 15) is 9.59 Å². The fraction of sp³-hybridized carbons (Fsp3) is 0.923. The quantitative estimate of drug-likeness (QED) is 0.134. The van der Waals surface area contributed by atoms with E-state index >= 15 is 0 Å². The summed E-state index contributed by atoms with van der Waals surface area (Å²) in [6.07, 6.45) is 23.6. The van der Waals surface area contributed by atoms with Gasteiger partial charge in [0.2, 0.25) is 6.41 Å². The minimum atomic E-state index is 0.0800. The third-order valence-corrected chi connectivity index (χ3v) is 6.14. The van der Waals surface area contributed by atoms with Crippen LogP contribution in [0.3, 0.4) is 0 Å². The van der Waals surface area contributed by atoms with Crippen LogP contribution in [0.2, 0.25) is 0 Å².